The number of carboxylic acid groups (broad SMARTS) is 1. The summed E-state index contributed by atoms with van der Waals surface area (Å²) in [7, 11) is 0. The number of rotatable bonds is 7. The van der Waals surface area contributed by atoms with E-state index in [0.717, 1.165) is 16.9 Å². The first kappa shape index (κ1) is 21.7. The average molecular weight is 459 g/mol. The predicted molar refractivity (Wildman–Crippen MR) is 132 cm³/mol. The quantitative estimate of drug-likeness (QED) is 0.340. The monoisotopic (exact) mass is 458 g/mol. The Morgan fingerprint density at radius 1 is 1.06 bits per heavy atom. The molecule has 2 N–H and O–H groups in total. The first-order valence-corrected chi connectivity index (χ1v) is 12.0. The standard InChI is InChI=1S/C28H26O4S/c1-18-4-2-3-5-23(18)25-17-33-26-11-6-19(12-24(25)26)16-32-22-9-7-20(8-10-22)28(15-27(30)31)13-21(29)14-28/h2-12,17,21,29H,13-16H2,1H3,(H,30,31)/t21-,28-. The molecule has 4 aromatic rings. The fourth-order valence-corrected chi connectivity index (χ4v) is 5.88. The Hall–Kier alpha value is -3.15. The van der Waals surface area contributed by atoms with Crippen LogP contribution in [0.15, 0.2) is 72.1 Å². The summed E-state index contributed by atoms with van der Waals surface area (Å²) in [5, 5.41) is 22.5. The minimum atomic E-state index is -0.837. The lowest BCUT2D eigenvalue weighted by Gasteiger charge is -2.45. The largest absolute Gasteiger partial charge is 0.489 e. The molecule has 0 amide bonds. The Kier molecular flexibility index (Phi) is 5.69. The fourth-order valence-electron chi connectivity index (χ4n) is 4.93. The lowest BCUT2D eigenvalue weighted by Crippen LogP contribution is -2.46. The van der Waals surface area contributed by atoms with E-state index in [9.17, 15) is 15.0 Å². The summed E-state index contributed by atoms with van der Waals surface area (Å²) in [5.74, 6) is -0.0928. The van der Waals surface area contributed by atoms with E-state index >= 15 is 0 Å². The van der Waals surface area contributed by atoms with Gasteiger partial charge in [0.2, 0.25) is 0 Å². The lowest BCUT2D eigenvalue weighted by molar-refractivity contribution is -0.140. The Labute approximate surface area is 197 Å². The molecule has 0 atom stereocenters. The molecule has 5 heteroatoms. The van der Waals surface area contributed by atoms with Gasteiger partial charge in [-0.15, -0.1) is 11.3 Å². The molecule has 1 aliphatic rings. The SMILES string of the molecule is Cc1ccccc1-c1csc2ccc(COc3ccc([C@]4(CC(=O)O)C[C@@H](O)C4)cc3)cc12. The number of thiophene rings is 1. The van der Waals surface area contributed by atoms with Crippen molar-refractivity contribution in [1.29, 1.82) is 0 Å². The van der Waals surface area contributed by atoms with E-state index in [-0.39, 0.29) is 6.42 Å². The summed E-state index contributed by atoms with van der Waals surface area (Å²) in [6, 6.07) is 22.6. The molecule has 0 saturated heterocycles. The van der Waals surface area contributed by atoms with Gasteiger partial charge < -0.3 is 14.9 Å². The predicted octanol–water partition coefficient (Wildman–Crippen LogP) is 6.32. The third-order valence-corrected chi connectivity index (χ3v) is 7.65. The molecule has 0 unspecified atom stereocenters. The van der Waals surface area contributed by atoms with Gasteiger partial charge in [0.05, 0.1) is 12.5 Å². The number of ether oxygens (including phenoxy) is 1. The van der Waals surface area contributed by atoms with E-state index in [0.29, 0.717) is 19.4 Å². The highest BCUT2D eigenvalue weighted by molar-refractivity contribution is 7.17. The van der Waals surface area contributed by atoms with E-state index in [4.69, 9.17) is 4.74 Å². The van der Waals surface area contributed by atoms with E-state index < -0.39 is 17.5 Å². The van der Waals surface area contributed by atoms with Crippen molar-refractivity contribution >= 4 is 27.4 Å². The fraction of sp³-hybridized carbons (Fsp3) is 0.250. The van der Waals surface area contributed by atoms with Gasteiger partial charge in [-0.1, -0.05) is 42.5 Å². The molecule has 4 nitrogen and oxygen atoms in total. The highest BCUT2D eigenvalue weighted by Gasteiger charge is 2.46. The summed E-state index contributed by atoms with van der Waals surface area (Å²) in [4.78, 5) is 11.3. The molecule has 0 spiro atoms. The summed E-state index contributed by atoms with van der Waals surface area (Å²) < 4.78 is 7.30. The van der Waals surface area contributed by atoms with Crippen molar-refractivity contribution in [1.82, 2.24) is 0 Å². The Bertz CT molecular complexity index is 1300. The van der Waals surface area contributed by atoms with Crippen molar-refractivity contribution in [3.8, 4) is 16.9 Å². The van der Waals surface area contributed by atoms with Crippen LogP contribution in [-0.4, -0.2) is 22.3 Å². The summed E-state index contributed by atoms with van der Waals surface area (Å²) in [5.41, 5.74) is 5.35. The number of hydrogen-bond donors (Lipinski definition) is 2. The zero-order chi connectivity index (χ0) is 23.0. The van der Waals surface area contributed by atoms with E-state index in [2.05, 4.69) is 54.8 Å². The molecule has 0 radical (unpaired) electrons. The number of carbonyl (C=O) groups is 1. The highest BCUT2D eigenvalue weighted by atomic mass is 32.1. The van der Waals surface area contributed by atoms with Gasteiger partial charge in [-0.3, -0.25) is 4.79 Å². The molecule has 1 aromatic heterocycles. The summed E-state index contributed by atoms with van der Waals surface area (Å²) >= 11 is 1.76. The third-order valence-electron chi connectivity index (χ3n) is 6.69. The molecule has 1 fully saturated rings. The van der Waals surface area contributed by atoms with Crippen LogP contribution in [0.3, 0.4) is 0 Å². The van der Waals surface area contributed by atoms with Gasteiger partial charge in [-0.25, -0.2) is 0 Å². The highest BCUT2D eigenvalue weighted by Crippen LogP contribution is 2.47. The van der Waals surface area contributed by atoms with Gasteiger partial charge in [0.25, 0.3) is 0 Å². The number of fused-ring (bicyclic) bond motifs is 1. The van der Waals surface area contributed by atoms with Crippen LogP contribution in [0.25, 0.3) is 21.2 Å². The van der Waals surface area contributed by atoms with Crippen molar-refractivity contribution in [2.75, 3.05) is 0 Å². The average Bonchev–Trinajstić information content (AvgIpc) is 3.20. The van der Waals surface area contributed by atoms with Crippen LogP contribution >= 0.6 is 11.3 Å². The lowest BCUT2D eigenvalue weighted by atomic mass is 9.61. The van der Waals surface area contributed by atoms with E-state index in [1.165, 1.54) is 26.8 Å². The van der Waals surface area contributed by atoms with E-state index in [1.54, 1.807) is 11.3 Å². The minimum absolute atomic E-state index is 0.0359. The van der Waals surface area contributed by atoms with Gasteiger partial charge >= 0.3 is 5.97 Å². The maximum Gasteiger partial charge on any atom is 0.304 e. The topological polar surface area (TPSA) is 66.8 Å². The van der Waals surface area contributed by atoms with Crippen LogP contribution in [-0.2, 0) is 16.8 Å². The maximum absolute atomic E-state index is 11.3. The number of aliphatic carboxylic acids is 1. The molecule has 3 aromatic carbocycles. The number of aliphatic hydroxyl groups is 1. The van der Waals surface area contributed by atoms with Crippen molar-refractivity contribution in [3.05, 3.63) is 88.8 Å². The molecule has 5 rings (SSSR count). The van der Waals surface area contributed by atoms with Gasteiger partial charge in [-0.05, 0) is 71.7 Å². The van der Waals surface area contributed by atoms with Gasteiger partial charge in [0.1, 0.15) is 12.4 Å². The number of benzene rings is 3. The number of aryl methyl sites for hydroxylation is 1. The zero-order valence-corrected chi connectivity index (χ0v) is 19.3. The van der Waals surface area contributed by atoms with Crippen molar-refractivity contribution < 1.29 is 19.7 Å². The van der Waals surface area contributed by atoms with Crippen LogP contribution in [0, 0.1) is 6.92 Å². The Balaban J connectivity index is 1.32. The van der Waals surface area contributed by atoms with Gasteiger partial charge in [0, 0.05) is 21.1 Å². The van der Waals surface area contributed by atoms with Crippen LogP contribution in [0.5, 0.6) is 5.75 Å². The zero-order valence-electron chi connectivity index (χ0n) is 18.5. The molecule has 168 valence electrons. The Morgan fingerprint density at radius 2 is 1.82 bits per heavy atom. The normalized spacial score (nSPS) is 19.9. The summed E-state index contributed by atoms with van der Waals surface area (Å²) in [6.07, 6.45) is 0.595. The molecule has 33 heavy (non-hydrogen) atoms. The number of hydrogen-bond acceptors (Lipinski definition) is 4. The van der Waals surface area contributed by atoms with Crippen molar-refractivity contribution in [2.45, 2.75) is 44.3 Å². The second-order valence-corrected chi connectivity index (χ2v) is 9.93. The van der Waals surface area contributed by atoms with Gasteiger partial charge in [-0.2, -0.15) is 0 Å². The minimum Gasteiger partial charge on any atom is -0.489 e. The third kappa shape index (κ3) is 4.26. The molecule has 1 heterocycles. The summed E-state index contributed by atoms with van der Waals surface area (Å²) in [6.45, 7) is 2.59. The van der Waals surface area contributed by atoms with Crippen LogP contribution in [0.2, 0.25) is 0 Å². The molecular weight excluding hydrogens is 432 g/mol. The van der Waals surface area contributed by atoms with Crippen molar-refractivity contribution in [3.63, 3.8) is 0 Å². The van der Waals surface area contributed by atoms with Gasteiger partial charge in [0.15, 0.2) is 0 Å². The Morgan fingerprint density at radius 3 is 2.52 bits per heavy atom. The maximum atomic E-state index is 11.3. The molecule has 1 saturated carbocycles. The number of aliphatic hydroxyl groups excluding tert-OH is 1. The number of carboxylic acids is 1. The first-order chi connectivity index (χ1) is 15.9. The van der Waals surface area contributed by atoms with Crippen molar-refractivity contribution in [2.24, 2.45) is 0 Å². The first-order valence-electron chi connectivity index (χ1n) is 11.1. The smallest absolute Gasteiger partial charge is 0.304 e. The molecular formula is C28H26O4S. The van der Waals surface area contributed by atoms with Crippen LogP contribution < -0.4 is 4.74 Å². The molecule has 0 bridgehead atoms. The molecule has 0 aliphatic heterocycles. The van der Waals surface area contributed by atoms with Crippen LogP contribution in [0.4, 0.5) is 0 Å². The van der Waals surface area contributed by atoms with E-state index in [1.807, 2.05) is 24.3 Å². The second-order valence-electron chi connectivity index (χ2n) is 9.02. The molecule has 1 aliphatic carbocycles. The second kappa shape index (κ2) is 8.65. The van der Waals surface area contributed by atoms with Crippen LogP contribution in [0.1, 0.15) is 36.0 Å².